The van der Waals surface area contributed by atoms with E-state index in [1.165, 1.54) is 12.8 Å². The van der Waals surface area contributed by atoms with E-state index in [-0.39, 0.29) is 23.2 Å². The molecule has 2 saturated heterocycles. The van der Waals surface area contributed by atoms with Crippen molar-refractivity contribution in [3.05, 3.63) is 0 Å². The van der Waals surface area contributed by atoms with Crippen LogP contribution in [-0.2, 0) is 14.2 Å². The largest absolute Gasteiger partial charge is 0.390 e. The summed E-state index contributed by atoms with van der Waals surface area (Å²) in [5.41, 5.74) is -0.423. The molecule has 116 valence electrons. The Bertz CT molecular complexity index is 318. The third-order valence-electron chi connectivity index (χ3n) is 5.47. The van der Waals surface area contributed by atoms with Crippen LogP contribution in [0.1, 0.15) is 51.9 Å². The molecule has 1 aliphatic carbocycles. The number of hydrogen-bond donors (Lipinski definition) is 1. The van der Waals surface area contributed by atoms with Gasteiger partial charge < -0.3 is 19.3 Å². The molecule has 0 aromatic heterocycles. The van der Waals surface area contributed by atoms with Gasteiger partial charge >= 0.3 is 0 Å². The van der Waals surface area contributed by atoms with Crippen LogP contribution >= 0.6 is 0 Å². The molecule has 3 atom stereocenters. The Morgan fingerprint density at radius 2 is 2.05 bits per heavy atom. The van der Waals surface area contributed by atoms with Crippen LogP contribution < -0.4 is 0 Å². The average molecular weight is 284 g/mol. The van der Waals surface area contributed by atoms with Crippen LogP contribution in [0.4, 0.5) is 0 Å². The maximum Gasteiger partial charge on any atom is 0.0942 e. The monoisotopic (exact) mass is 284 g/mol. The Labute approximate surface area is 121 Å². The molecule has 2 aliphatic heterocycles. The first-order chi connectivity index (χ1) is 9.70. The van der Waals surface area contributed by atoms with Gasteiger partial charge in [-0.05, 0) is 38.5 Å². The van der Waals surface area contributed by atoms with E-state index in [1.807, 2.05) is 6.92 Å². The first kappa shape index (κ1) is 14.8. The molecule has 3 unspecified atom stereocenters. The Kier molecular flexibility index (Phi) is 4.37. The summed E-state index contributed by atoms with van der Waals surface area (Å²) in [7, 11) is 0. The lowest BCUT2D eigenvalue weighted by molar-refractivity contribution is -0.172. The minimum absolute atomic E-state index is 0.129. The molecule has 1 N–H and O–H groups in total. The Morgan fingerprint density at radius 1 is 1.25 bits per heavy atom. The minimum Gasteiger partial charge on any atom is -0.390 e. The van der Waals surface area contributed by atoms with Crippen molar-refractivity contribution < 1.29 is 19.3 Å². The van der Waals surface area contributed by atoms with E-state index in [0.717, 1.165) is 45.3 Å². The van der Waals surface area contributed by atoms with Gasteiger partial charge in [-0.25, -0.2) is 0 Å². The zero-order valence-electron chi connectivity index (χ0n) is 12.6. The summed E-state index contributed by atoms with van der Waals surface area (Å²) in [6.45, 7) is 4.95. The Hall–Kier alpha value is -0.160. The maximum absolute atomic E-state index is 11.0. The molecule has 0 radical (unpaired) electrons. The van der Waals surface area contributed by atoms with Crippen molar-refractivity contribution in [2.75, 3.05) is 26.4 Å². The van der Waals surface area contributed by atoms with Crippen LogP contribution in [0.2, 0.25) is 0 Å². The van der Waals surface area contributed by atoms with Crippen molar-refractivity contribution in [1.29, 1.82) is 0 Å². The van der Waals surface area contributed by atoms with E-state index >= 15 is 0 Å². The molecule has 20 heavy (non-hydrogen) atoms. The summed E-state index contributed by atoms with van der Waals surface area (Å²) in [5.74, 6) is 0.287. The van der Waals surface area contributed by atoms with Crippen molar-refractivity contribution >= 4 is 0 Å². The lowest BCUT2D eigenvalue weighted by atomic mass is 9.76. The molecule has 3 aliphatic rings. The van der Waals surface area contributed by atoms with Gasteiger partial charge in [-0.1, -0.05) is 12.8 Å². The smallest absolute Gasteiger partial charge is 0.0942 e. The molecule has 1 saturated carbocycles. The van der Waals surface area contributed by atoms with Crippen LogP contribution in [0, 0.1) is 5.92 Å². The van der Waals surface area contributed by atoms with Gasteiger partial charge in [0.2, 0.25) is 0 Å². The van der Waals surface area contributed by atoms with Gasteiger partial charge in [-0.15, -0.1) is 0 Å². The maximum atomic E-state index is 11.0. The van der Waals surface area contributed by atoms with Crippen molar-refractivity contribution in [1.82, 2.24) is 0 Å². The standard InChI is InChI=1S/C16H28O4/c1-2-19-16(6-3-4-7-16)14(17)13-5-9-20-15(11-13)8-10-18-12-15/h13-14,17H,2-12H2,1H3. The van der Waals surface area contributed by atoms with Gasteiger partial charge in [0.15, 0.2) is 0 Å². The molecule has 2 heterocycles. The van der Waals surface area contributed by atoms with Crippen LogP contribution in [0.15, 0.2) is 0 Å². The van der Waals surface area contributed by atoms with Gasteiger partial charge in [-0.2, -0.15) is 0 Å². The Balaban J connectivity index is 1.70. The van der Waals surface area contributed by atoms with Crippen molar-refractivity contribution in [3.8, 4) is 0 Å². The number of aliphatic hydroxyl groups is 1. The fraction of sp³-hybridized carbons (Fsp3) is 1.00. The topological polar surface area (TPSA) is 47.9 Å². The summed E-state index contributed by atoms with van der Waals surface area (Å²) in [6.07, 6.45) is 6.83. The number of rotatable bonds is 4. The normalized spacial score (nSPS) is 38.4. The second kappa shape index (κ2) is 5.91. The van der Waals surface area contributed by atoms with E-state index in [1.54, 1.807) is 0 Å². The fourth-order valence-corrected chi connectivity index (χ4v) is 4.41. The molecule has 3 rings (SSSR count). The Morgan fingerprint density at radius 3 is 2.70 bits per heavy atom. The highest BCUT2D eigenvalue weighted by atomic mass is 16.6. The molecule has 3 fully saturated rings. The van der Waals surface area contributed by atoms with Gasteiger partial charge in [0.25, 0.3) is 0 Å². The molecule has 4 heteroatoms. The highest BCUT2D eigenvalue weighted by Crippen LogP contribution is 2.44. The number of aliphatic hydroxyl groups excluding tert-OH is 1. The third kappa shape index (κ3) is 2.63. The number of ether oxygens (including phenoxy) is 3. The van der Waals surface area contributed by atoms with Crippen LogP contribution in [0.25, 0.3) is 0 Å². The molecule has 4 nitrogen and oxygen atoms in total. The zero-order chi connectivity index (χ0) is 14.1. The van der Waals surface area contributed by atoms with Crippen molar-refractivity contribution in [3.63, 3.8) is 0 Å². The molecule has 0 aromatic carbocycles. The summed E-state index contributed by atoms with van der Waals surface area (Å²) < 4.78 is 17.5. The third-order valence-corrected chi connectivity index (χ3v) is 5.47. The molecular formula is C16H28O4. The van der Waals surface area contributed by atoms with Crippen molar-refractivity contribution in [2.45, 2.75) is 69.2 Å². The first-order valence-corrected chi connectivity index (χ1v) is 8.23. The van der Waals surface area contributed by atoms with E-state index in [9.17, 15) is 5.11 Å². The van der Waals surface area contributed by atoms with Gasteiger partial charge in [0.1, 0.15) is 0 Å². The molecule has 0 bridgehead atoms. The molecular weight excluding hydrogens is 256 g/mol. The van der Waals surface area contributed by atoms with E-state index in [4.69, 9.17) is 14.2 Å². The van der Waals surface area contributed by atoms with Gasteiger partial charge in [0.05, 0.1) is 23.9 Å². The minimum atomic E-state index is -0.355. The highest BCUT2D eigenvalue weighted by molar-refractivity contribution is 5.00. The zero-order valence-corrected chi connectivity index (χ0v) is 12.6. The van der Waals surface area contributed by atoms with Gasteiger partial charge in [0, 0.05) is 26.2 Å². The summed E-state index contributed by atoms with van der Waals surface area (Å²) in [6, 6.07) is 0. The summed E-state index contributed by atoms with van der Waals surface area (Å²) >= 11 is 0. The van der Waals surface area contributed by atoms with Crippen LogP contribution in [0.5, 0.6) is 0 Å². The quantitative estimate of drug-likeness (QED) is 0.860. The first-order valence-electron chi connectivity index (χ1n) is 8.23. The highest BCUT2D eigenvalue weighted by Gasteiger charge is 2.49. The van der Waals surface area contributed by atoms with E-state index < -0.39 is 0 Å². The SMILES string of the molecule is CCOC1(C(O)C2CCOC3(CCOC3)C2)CCCC1. The average Bonchev–Trinajstić information content (AvgIpc) is 3.10. The molecule has 0 amide bonds. The predicted octanol–water partition coefficient (Wildman–Crippen LogP) is 2.28. The molecule has 0 aromatic rings. The second-order valence-electron chi connectivity index (χ2n) is 6.74. The van der Waals surface area contributed by atoms with Crippen LogP contribution in [-0.4, -0.2) is 48.8 Å². The summed E-state index contributed by atoms with van der Waals surface area (Å²) in [4.78, 5) is 0. The lowest BCUT2D eigenvalue weighted by Crippen LogP contribution is -2.52. The van der Waals surface area contributed by atoms with E-state index in [2.05, 4.69) is 0 Å². The predicted molar refractivity (Wildman–Crippen MR) is 75.7 cm³/mol. The van der Waals surface area contributed by atoms with E-state index in [0.29, 0.717) is 13.2 Å². The lowest BCUT2D eigenvalue weighted by Gasteiger charge is -2.44. The second-order valence-corrected chi connectivity index (χ2v) is 6.74. The fourth-order valence-electron chi connectivity index (χ4n) is 4.41. The molecule has 1 spiro atoms. The van der Waals surface area contributed by atoms with Gasteiger partial charge in [-0.3, -0.25) is 0 Å². The van der Waals surface area contributed by atoms with Crippen LogP contribution in [0.3, 0.4) is 0 Å². The number of hydrogen-bond acceptors (Lipinski definition) is 4. The summed E-state index contributed by atoms with van der Waals surface area (Å²) in [5, 5.41) is 11.0. The van der Waals surface area contributed by atoms with Crippen molar-refractivity contribution in [2.24, 2.45) is 5.92 Å².